The van der Waals surface area contributed by atoms with Crippen LogP contribution in [0.2, 0.25) is 0 Å². The summed E-state index contributed by atoms with van der Waals surface area (Å²) in [6.45, 7) is 1.91. The first-order chi connectivity index (χ1) is 8.63. The molecule has 0 bridgehead atoms. The zero-order chi connectivity index (χ0) is 13.0. The van der Waals surface area contributed by atoms with Gasteiger partial charge >= 0.3 is 0 Å². The molecule has 18 heavy (non-hydrogen) atoms. The van der Waals surface area contributed by atoms with E-state index in [0.717, 1.165) is 15.6 Å². The molecule has 1 heterocycles. The van der Waals surface area contributed by atoms with Crippen molar-refractivity contribution in [2.75, 3.05) is 5.75 Å². The largest absolute Gasteiger partial charge is 0.298 e. The summed E-state index contributed by atoms with van der Waals surface area (Å²) in [5.74, 6) is 0.184. The van der Waals surface area contributed by atoms with E-state index in [0.29, 0.717) is 12.2 Å². The number of carbonyl (C=O) groups excluding carboxylic acids is 1. The van der Waals surface area contributed by atoms with E-state index in [1.165, 1.54) is 35.2 Å². The van der Waals surface area contributed by atoms with Crippen LogP contribution in [-0.2, 0) is 11.2 Å². The SMILES string of the molecule is Cc1csc(CC(=O)CSc2cccc(F)c2)n1. The molecule has 0 spiro atoms. The van der Waals surface area contributed by atoms with Gasteiger partial charge in [0.1, 0.15) is 16.6 Å². The number of thiazole rings is 1. The Morgan fingerprint density at radius 1 is 1.50 bits per heavy atom. The van der Waals surface area contributed by atoms with Crippen LogP contribution in [0.5, 0.6) is 0 Å². The Morgan fingerprint density at radius 3 is 3.00 bits per heavy atom. The maximum absolute atomic E-state index is 12.9. The molecule has 0 aliphatic heterocycles. The fourth-order valence-electron chi connectivity index (χ4n) is 1.42. The summed E-state index contributed by atoms with van der Waals surface area (Å²) in [6.07, 6.45) is 0.362. The van der Waals surface area contributed by atoms with Crippen molar-refractivity contribution in [1.29, 1.82) is 0 Å². The molecule has 0 aliphatic rings. The van der Waals surface area contributed by atoms with Gasteiger partial charge < -0.3 is 0 Å². The normalized spacial score (nSPS) is 10.6. The molecule has 0 aliphatic carbocycles. The molecule has 2 rings (SSSR count). The van der Waals surface area contributed by atoms with Gasteiger partial charge in [-0.3, -0.25) is 4.79 Å². The molecule has 0 amide bonds. The van der Waals surface area contributed by atoms with Crippen molar-refractivity contribution in [2.24, 2.45) is 0 Å². The van der Waals surface area contributed by atoms with Crippen molar-refractivity contribution in [3.8, 4) is 0 Å². The van der Waals surface area contributed by atoms with E-state index in [1.807, 2.05) is 12.3 Å². The molecule has 5 heteroatoms. The highest BCUT2D eigenvalue weighted by atomic mass is 32.2. The van der Waals surface area contributed by atoms with Gasteiger partial charge in [-0.25, -0.2) is 9.37 Å². The average molecular weight is 281 g/mol. The maximum Gasteiger partial charge on any atom is 0.149 e. The Balaban J connectivity index is 1.85. The summed E-state index contributed by atoms with van der Waals surface area (Å²) in [5, 5.41) is 2.78. The van der Waals surface area contributed by atoms with Crippen molar-refractivity contribution >= 4 is 28.9 Å². The van der Waals surface area contributed by atoms with E-state index < -0.39 is 0 Å². The Labute approximate surface area is 113 Å². The predicted octanol–water partition coefficient (Wildman–Crippen LogP) is 3.49. The molecule has 2 nitrogen and oxygen atoms in total. The number of carbonyl (C=O) groups is 1. The molecule has 1 aromatic carbocycles. The lowest BCUT2D eigenvalue weighted by Crippen LogP contribution is -2.05. The number of nitrogens with zero attached hydrogens (tertiary/aromatic N) is 1. The van der Waals surface area contributed by atoms with E-state index in [1.54, 1.807) is 12.1 Å². The summed E-state index contributed by atoms with van der Waals surface area (Å²) in [6, 6.07) is 6.27. The molecule has 1 aromatic heterocycles. The molecule has 0 saturated heterocycles. The van der Waals surface area contributed by atoms with E-state index in [4.69, 9.17) is 0 Å². The van der Waals surface area contributed by atoms with Crippen molar-refractivity contribution in [3.05, 3.63) is 46.2 Å². The number of benzene rings is 1. The number of Topliss-reactive ketones (excluding diaryl/α,β-unsaturated/α-hetero) is 1. The fraction of sp³-hybridized carbons (Fsp3) is 0.231. The van der Waals surface area contributed by atoms with Crippen molar-refractivity contribution in [2.45, 2.75) is 18.2 Å². The lowest BCUT2D eigenvalue weighted by atomic mass is 10.3. The van der Waals surface area contributed by atoms with Gasteiger partial charge in [0.25, 0.3) is 0 Å². The van der Waals surface area contributed by atoms with Gasteiger partial charge in [-0.05, 0) is 25.1 Å². The number of hydrogen-bond donors (Lipinski definition) is 0. The van der Waals surface area contributed by atoms with Crippen LogP contribution in [-0.4, -0.2) is 16.5 Å². The molecule has 0 N–H and O–H groups in total. The molecule has 0 unspecified atom stereocenters. The van der Waals surface area contributed by atoms with E-state index >= 15 is 0 Å². The minimum absolute atomic E-state index is 0.110. The van der Waals surface area contributed by atoms with Crippen molar-refractivity contribution < 1.29 is 9.18 Å². The van der Waals surface area contributed by atoms with Gasteiger partial charge in [0.05, 0.1) is 12.2 Å². The monoisotopic (exact) mass is 281 g/mol. The summed E-state index contributed by atoms with van der Waals surface area (Å²) in [4.78, 5) is 16.8. The van der Waals surface area contributed by atoms with Crippen LogP contribution in [0.15, 0.2) is 34.5 Å². The van der Waals surface area contributed by atoms with Gasteiger partial charge in [0.15, 0.2) is 0 Å². The van der Waals surface area contributed by atoms with Gasteiger partial charge in [-0.2, -0.15) is 0 Å². The summed E-state index contributed by atoms with van der Waals surface area (Å²) in [7, 11) is 0. The average Bonchev–Trinajstić information content (AvgIpc) is 2.72. The van der Waals surface area contributed by atoms with Gasteiger partial charge in [-0.1, -0.05) is 6.07 Å². The molecular weight excluding hydrogens is 269 g/mol. The number of thioether (sulfide) groups is 1. The predicted molar refractivity (Wildman–Crippen MR) is 72.7 cm³/mol. The summed E-state index contributed by atoms with van der Waals surface area (Å²) < 4.78 is 12.9. The number of halogens is 1. The molecule has 2 aromatic rings. The Hall–Kier alpha value is -1.20. The second-order valence-electron chi connectivity index (χ2n) is 3.84. The zero-order valence-electron chi connectivity index (χ0n) is 9.85. The quantitative estimate of drug-likeness (QED) is 0.786. The van der Waals surface area contributed by atoms with Crippen molar-refractivity contribution in [1.82, 2.24) is 4.98 Å². The molecule has 0 atom stereocenters. The highest BCUT2D eigenvalue weighted by Gasteiger charge is 2.08. The van der Waals surface area contributed by atoms with Gasteiger partial charge in [0, 0.05) is 16.0 Å². The van der Waals surface area contributed by atoms with Gasteiger partial charge in [-0.15, -0.1) is 23.1 Å². The second-order valence-corrected chi connectivity index (χ2v) is 5.84. The first-order valence-corrected chi connectivity index (χ1v) is 7.31. The third-order valence-corrected chi connectivity index (χ3v) is 4.23. The molecule has 0 fully saturated rings. The Kier molecular flexibility index (Phi) is 4.49. The first kappa shape index (κ1) is 13.2. The highest BCUT2D eigenvalue weighted by molar-refractivity contribution is 8.00. The van der Waals surface area contributed by atoms with Crippen molar-refractivity contribution in [3.63, 3.8) is 0 Å². The smallest absolute Gasteiger partial charge is 0.149 e. The zero-order valence-corrected chi connectivity index (χ0v) is 11.5. The molecule has 94 valence electrons. The molecule has 0 radical (unpaired) electrons. The minimum Gasteiger partial charge on any atom is -0.298 e. The fourth-order valence-corrected chi connectivity index (χ4v) is 3.02. The lowest BCUT2D eigenvalue weighted by Gasteiger charge is -2.00. The lowest BCUT2D eigenvalue weighted by molar-refractivity contribution is -0.116. The molecular formula is C13H12FNOS2. The van der Waals surface area contributed by atoms with Crippen LogP contribution in [0, 0.1) is 12.7 Å². The van der Waals surface area contributed by atoms with Crippen LogP contribution in [0.3, 0.4) is 0 Å². The number of rotatable bonds is 5. The third kappa shape index (κ3) is 3.92. The maximum atomic E-state index is 12.9. The van der Waals surface area contributed by atoms with E-state index in [9.17, 15) is 9.18 Å². The van der Waals surface area contributed by atoms with Crippen LogP contribution in [0.1, 0.15) is 10.7 Å². The first-order valence-electron chi connectivity index (χ1n) is 5.44. The van der Waals surface area contributed by atoms with E-state index in [-0.39, 0.29) is 11.6 Å². The number of aryl methyl sites for hydroxylation is 1. The second kappa shape index (κ2) is 6.11. The number of hydrogen-bond acceptors (Lipinski definition) is 4. The van der Waals surface area contributed by atoms with Crippen LogP contribution < -0.4 is 0 Å². The van der Waals surface area contributed by atoms with Crippen LogP contribution in [0.25, 0.3) is 0 Å². The van der Waals surface area contributed by atoms with Crippen LogP contribution >= 0.6 is 23.1 Å². The Morgan fingerprint density at radius 2 is 2.33 bits per heavy atom. The highest BCUT2D eigenvalue weighted by Crippen LogP contribution is 2.19. The number of aromatic nitrogens is 1. The minimum atomic E-state index is -0.275. The topological polar surface area (TPSA) is 30.0 Å². The molecule has 0 saturated carbocycles. The Bertz CT molecular complexity index is 553. The standard InChI is InChI=1S/C13H12FNOS2/c1-9-7-18-13(15-9)6-11(16)8-17-12-4-2-3-10(14)5-12/h2-5,7H,6,8H2,1H3. The van der Waals surface area contributed by atoms with Gasteiger partial charge in [0.2, 0.25) is 0 Å². The van der Waals surface area contributed by atoms with E-state index in [2.05, 4.69) is 4.98 Å². The van der Waals surface area contributed by atoms with Crippen LogP contribution in [0.4, 0.5) is 4.39 Å². The third-order valence-electron chi connectivity index (χ3n) is 2.21. The summed E-state index contributed by atoms with van der Waals surface area (Å²) >= 11 is 2.86. The summed E-state index contributed by atoms with van der Waals surface area (Å²) in [5.41, 5.74) is 0.945. The number of ketones is 1.